The zero-order valence-corrected chi connectivity index (χ0v) is 13.6. The first-order valence-corrected chi connectivity index (χ1v) is 8.88. The first-order valence-electron chi connectivity index (χ1n) is 7.89. The van der Waals surface area contributed by atoms with E-state index in [-0.39, 0.29) is 0 Å². The lowest BCUT2D eigenvalue weighted by Gasteiger charge is -2.29. The van der Waals surface area contributed by atoms with E-state index in [1.807, 2.05) is 24.2 Å². The molecule has 2 nitrogen and oxygen atoms in total. The molecule has 0 saturated heterocycles. The van der Waals surface area contributed by atoms with E-state index in [0.717, 1.165) is 18.7 Å². The molecule has 23 heavy (non-hydrogen) atoms. The van der Waals surface area contributed by atoms with E-state index in [2.05, 4.69) is 52.9 Å². The van der Waals surface area contributed by atoms with Crippen LogP contribution in [0.5, 0.6) is 0 Å². The third kappa shape index (κ3) is 1.93. The van der Waals surface area contributed by atoms with Gasteiger partial charge in [-0.3, -0.25) is 4.98 Å². The predicted octanol–water partition coefficient (Wildman–Crippen LogP) is 4.88. The van der Waals surface area contributed by atoms with Crippen molar-refractivity contribution in [3.63, 3.8) is 0 Å². The number of anilines is 1. The summed E-state index contributed by atoms with van der Waals surface area (Å²) < 4.78 is 0. The lowest BCUT2D eigenvalue weighted by molar-refractivity contribution is 0.940. The van der Waals surface area contributed by atoms with Gasteiger partial charge in [0.05, 0.1) is 5.69 Å². The Morgan fingerprint density at radius 3 is 3.00 bits per heavy atom. The number of fused-ring (bicyclic) bond motifs is 1. The van der Waals surface area contributed by atoms with Crippen LogP contribution in [0.3, 0.4) is 0 Å². The molecule has 1 aromatic heterocycles. The number of hydrogen-bond acceptors (Lipinski definition) is 3. The number of aromatic nitrogens is 1. The van der Waals surface area contributed by atoms with Gasteiger partial charge in [0, 0.05) is 46.2 Å². The summed E-state index contributed by atoms with van der Waals surface area (Å²) in [5, 5.41) is 2.47. The molecule has 0 bridgehead atoms. The van der Waals surface area contributed by atoms with E-state index in [9.17, 15) is 0 Å². The van der Waals surface area contributed by atoms with Crippen LogP contribution in [0.1, 0.15) is 5.56 Å². The highest BCUT2D eigenvalue weighted by atomic mass is 32.2. The van der Waals surface area contributed by atoms with Crippen molar-refractivity contribution >= 4 is 28.2 Å². The quantitative estimate of drug-likeness (QED) is 0.636. The average molecular weight is 316 g/mol. The normalized spacial score (nSPS) is 16.0. The first-order chi connectivity index (χ1) is 11.3. The Morgan fingerprint density at radius 2 is 2.04 bits per heavy atom. The first kappa shape index (κ1) is 13.2. The third-order valence-corrected chi connectivity index (χ3v) is 5.88. The largest absolute Gasteiger partial charge is 0.343 e. The minimum Gasteiger partial charge on any atom is -0.343 e. The Kier molecular flexibility index (Phi) is 2.79. The zero-order valence-electron chi connectivity index (χ0n) is 12.7. The molecular weight excluding hydrogens is 300 g/mol. The van der Waals surface area contributed by atoms with E-state index >= 15 is 0 Å². The lowest BCUT2D eigenvalue weighted by atomic mass is 9.98. The second-order valence-corrected chi connectivity index (χ2v) is 7.16. The van der Waals surface area contributed by atoms with Crippen molar-refractivity contribution in [1.82, 2.24) is 4.98 Å². The summed E-state index contributed by atoms with van der Waals surface area (Å²) in [6.45, 7) is 5.28. The molecule has 0 atom stereocenters. The molecule has 2 aliphatic rings. The van der Waals surface area contributed by atoms with Gasteiger partial charge in [-0.05, 0) is 35.1 Å². The van der Waals surface area contributed by atoms with Crippen molar-refractivity contribution in [1.29, 1.82) is 0 Å². The van der Waals surface area contributed by atoms with Crippen LogP contribution in [0.25, 0.3) is 21.9 Å². The van der Waals surface area contributed by atoms with Gasteiger partial charge in [0.2, 0.25) is 0 Å². The maximum atomic E-state index is 4.45. The van der Waals surface area contributed by atoms with Gasteiger partial charge in [-0.2, -0.15) is 0 Å². The van der Waals surface area contributed by atoms with E-state index in [1.165, 1.54) is 43.7 Å². The van der Waals surface area contributed by atoms with Gasteiger partial charge in [0.1, 0.15) is 0 Å². The number of nitrogens with zero attached hydrogens (tertiary/aromatic N) is 2. The van der Waals surface area contributed by atoms with Gasteiger partial charge >= 0.3 is 0 Å². The van der Waals surface area contributed by atoms with Crippen molar-refractivity contribution in [2.75, 3.05) is 17.2 Å². The van der Waals surface area contributed by atoms with Gasteiger partial charge < -0.3 is 4.90 Å². The van der Waals surface area contributed by atoms with Crippen LogP contribution < -0.4 is 4.90 Å². The molecule has 2 aromatic carbocycles. The van der Waals surface area contributed by atoms with Gasteiger partial charge in [-0.25, -0.2) is 0 Å². The average Bonchev–Trinajstić information content (AvgIpc) is 3.03. The minimum atomic E-state index is 0.990. The zero-order chi connectivity index (χ0) is 15.4. The summed E-state index contributed by atoms with van der Waals surface area (Å²) in [6, 6.07) is 13.2. The molecule has 3 heteroatoms. The van der Waals surface area contributed by atoms with Crippen LogP contribution in [0.15, 0.2) is 66.0 Å². The number of hydrogen-bond donors (Lipinski definition) is 0. The Labute approximate surface area is 139 Å². The van der Waals surface area contributed by atoms with E-state index in [1.54, 1.807) is 0 Å². The molecule has 0 spiro atoms. The molecule has 3 aromatic rings. The van der Waals surface area contributed by atoms with Crippen molar-refractivity contribution < 1.29 is 0 Å². The second-order valence-electron chi connectivity index (χ2n) is 6.15. The smallest absolute Gasteiger partial charge is 0.0580 e. The fourth-order valence-electron chi connectivity index (χ4n) is 3.67. The Hall–Kier alpha value is -2.26. The summed E-state index contributed by atoms with van der Waals surface area (Å²) in [6.07, 6.45) is 5.04. The Bertz CT molecular complexity index is 956. The molecule has 0 amide bonds. The van der Waals surface area contributed by atoms with Crippen LogP contribution >= 0.6 is 11.8 Å². The van der Waals surface area contributed by atoms with E-state index < -0.39 is 0 Å². The maximum absolute atomic E-state index is 4.45. The predicted molar refractivity (Wildman–Crippen MR) is 98.1 cm³/mol. The molecular formula is C20H16N2S. The van der Waals surface area contributed by atoms with Crippen LogP contribution in [0, 0.1) is 0 Å². The lowest BCUT2D eigenvalue weighted by Crippen LogP contribution is -2.23. The summed E-state index contributed by atoms with van der Waals surface area (Å²) in [5.74, 6) is 0.990. The Balaban J connectivity index is 1.75. The van der Waals surface area contributed by atoms with Gasteiger partial charge in [0.15, 0.2) is 0 Å². The van der Waals surface area contributed by atoms with E-state index in [4.69, 9.17) is 0 Å². The van der Waals surface area contributed by atoms with Crippen LogP contribution in [-0.2, 0) is 6.42 Å². The number of benzene rings is 2. The molecule has 5 rings (SSSR count). The number of rotatable bonds is 1. The van der Waals surface area contributed by atoms with Crippen molar-refractivity contribution in [3.8, 4) is 11.1 Å². The summed E-state index contributed by atoms with van der Waals surface area (Å²) in [5.41, 5.74) is 6.58. The molecule has 0 aliphatic carbocycles. The van der Waals surface area contributed by atoms with Gasteiger partial charge in [-0.15, -0.1) is 11.8 Å². The second kappa shape index (κ2) is 4.87. The number of thioether (sulfide) groups is 1. The number of pyridine rings is 1. The van der Waals surface area contributed by atoms with E-state index in [0.29, 0.717) is 0 Å². The van der Waals surface area contributed by atoms with Crippen LogP contribution in [-0.4, -0.2) is 17.3 Å². The highest BCUT2D eigenvalue weighted by molar-refractivity contribution is 7.99. The Morgan fingerprint density at radius 1 is 1.13 bits per heavy atom. The summed E-state index contributed by atoms with van der Waals surface area (Å²) in [4.78, 5) is 8.23. The minimum absolute atomic E-state index is 0.990. The molecule has 2 aliphatic heterocycles. The molecule has 0 N–H and O–H groups in total. The fourth-order valence-corrected chi connectivity index (χ4v) is 4.74. The molecule has 0 fully saturated rings. The van der Waals surface area contributed by atoms with Crippen molar-refractivity contribution in [3.05, 3.63) is 66.6 Å². The molecule has 3 heterocycles. The monoisotopic (exact) mass is 316 g/mol. The third-order valence-electron chi connectivity index (χ3n) is 4.78. The van der Waals surface area contributed by atoms with Gasteiger partial charge in [-0.1, -0.05) is 30.8 Å². The maximum Gasteiger partial charge on any atom is 0.0580 e. The fraction of sp³-hybridized carbons (Fsp3) is 0.150. The highest BCUT2D eigenvalue weighted by Crippen LogP contribution is 2.47. The highest BCUT2D eigenvalue weighted by Gasteiger charge is 2.29. The molecule has 0 unspecified atom stereocenters. The topological polar surface area (TPSA) is 16.1 Å². The standard InChI is InChI=1S/C20H16N2S/c1-13-12-23-19-9-16(8-14-6-7-22(13)20(14)19)18-11-21-10-15-4-2-3-5-17(15)18/h2-5,8-11H,1,6-7,12H2. The van der Waals surface area contributed by atoms with Gasteiger partial charge in [0.25, 0.3) is 0 Å². The molecule has 0 radical (unpaired) electrons. The van der Waals surface area contributed by atoms with Crippen molar-refractivity contribution in [2.24, 2.45) is 0 Å². The molecule has 112 valence electrons. The van der Waals surface area contributed by atoms with Crippen LogP contribution in [0.2, 0.25) is 0 Å². The summed E-state index contributed by atoms with van der Waals surface area (Å²) >= 11 is 1.91. The summed E-state index contributed by atoms with van der Waals surface area (Å²) in [7, 11) is 0. The molecule has 0 saturated carbocycles. The SMILES string of the molecule is C=C1CSc2cc(-c3cncc4ccccc34)cc3c2N1CC3. The van der Waals surface area contributed by atoms with Crippen molar-refractivity contribution in [2.45, 2.75) is 11.3 Å². The van der Waals surface area contributed by atoms with Crippen LogP contribution in [0.4, 0.5) is 5.69 Å².